The Morgan fingerprint density at radius 1 is 1.16 bits per heavy atom. The van der Waals surface area contributed by atoms with Crippen LogP contribution >= 0.6 is 11.6 Å². The Morgan fingerprint density at radius 3 is 2.55 bits per heavy atom. The maximum atomic E-state index is 13.5. The van der Waals surface area contributed by atoms with Crippen molar-refractivity contribution in [3.63, 3.8) is 0 Å². The molecule has 1 aliphatic heterocycles. The second kappa shape index (κ2) is 8.78. The zero-order chi connectivity index (χ0) is 22.2. The summed E-state index contributed by atoms with van der Waals surface area (Å²) in [6.45, 7) is 13.2. The molecule has 1 aromatic carbocycles. The maximum absolute atomic E-state index is 13.5. The van der Waals surface area contributed by atoms with Crippen LogP contribution in [0.1, 0.15) is 59.1 Å². The molecule has 0 amide bonds. The fraction of sp³-hybridized carbons (Fsp3) is 0.615. The molecular formula is C26H35ClFN3. The first-order chi connectivity index (χ1) is 14.7. The quantitative estimate of drug-likeness (QED) is 0.500. The summed E-state index contributed by atoms with van der Waals surface area (Å²) >= 11 is 6.19. The van der Waals surface area contributed by atoms with Crippen LogP contribution < -0.4 is 0 Å². The van der Waals surface area contributed by atoms with E-state index in [9.17, 15) is 4.39 Å². The molecule has 2 atom stereocenters. The number of hydrogen-bond acceptors (Lipinski definition) is 3. The van der Waals surface area contributed by atoms with Gasteiger partial charge in [-0.1, -0.05) is 39.3 Å². The average Bonchev–Trinajstić information content (AvgIpc) is 3.41. The van der Waals surface area contributed by atoms with Gasteiger partial charge in [0, 0.05) is 12.1 Å². The number of aryl methyl sites for hydroxylation is 1. The third-order valence-corrected chi connectivity index (χ3v) is 8.22. The lowest BCUT2D eigenvalue weighted by Crippen LogP contribution is -2.40. The molecule has 1 saturated heterocycles. The average molecular weight is 444 g/mol. The summed E-state index contributed by atoms with van der Waals surface area (Å²) in [6, 6.07) is 8.24. The summed E-state index contributed by atoms with van der Waals surface area (Å²) in [5.41, 5.74) is 3.19. The SMILES string of the molecule is CC(CN1CCC2(CC1)CC2CCc1ccc(-c2cc(F)ccc2Cl)nn1)C(C)(C)C. The highest BCUT2D eigenvalue weighted by atomic mass is 35.5. The van der Waals surface area contributed by atoms with Gasteiger partial charge in [-0.25, -0.2) is 4.39 Å². The largest absolute Gasteiger partial charge is 0.303 e. The Balaban J connectivity index is 1.26. The summed E-state index contributed by atoms with van der Waals surface area (Å²) in [7, 11) is 0. The van der Waals surface area contributed by atoms with E-state index in [1.807, 2.05) is 12.1 Å². The molecule has 3 nitrogen and oxygen atoms in total. The van der Waals surface area contributed by atoms with Crippen molar-refractivity contribution >= 4 is 11.6 Å². The molecule has 31 heavy (non-hydrogen) atoms. The molecule has 1 aromatic heterocycles. The third-order valence-electron chi connectivity index (χ3n) is 7.89. The predicted octanol–water partition coefficient (Wildman–Crippen LogP) is 6.65. The van der Waals surface area contributed by atoms with E-state index in [2.05, 4.69) is 42.8 Å². The number of aromatic nitrogens is 2. The summed E-state index contributed by atoms with van der Waals surface area (Å²) < 4.78 is 13.5. The van der Waals surface area contributed by atoms with E-state index in [-0.39, 0.29) is 5.82 Å². The molecule has 1 spiro atoms. The Bertz CT molecular complexity index is 898. The van der Waals surface area contributed by atoms with E-state index in [1.165, 1.54) is 57.5 Å². The van der Waals surface area contributed by atoms with Gasteiger partial charge in [0.25, 0.3) is 0 Å². The van der Waals surface area contributed by atoms with Gasteiger partial charge in [0.2, 0.25) is 0 Å². The van der Waals surface area contributed by atoms with Crippen LogP contribution in [-0.4, -0.2) is 34.7 Å². The molecule has 2 unspecified atom stereocenters. The second-order valence-electron chi connectivity index (χ2n) is 10.9. The minimum atomic E-state index is -0.316. The molecule has 0 radical (unpaired) electrons. The Morgan fingerprint density at radius 2 is 1.90 bits per heavy atom. The first-order valence-electron chi connectivity index (χ1n) is 11.7. The molecule has 0 bridgehead atoms. The van der Waals surface area contributed by atoms with Crippen molar-refractivity contribution in [2.75, 3.05) is 19.6 Å². The van der Waals surface area contributed by atoms with Crippen LogP contribution in [0.15, 0.2) is 30.3 Å². The van der Waals surface area contributed by atoms with Gasteiger partial charge in [-0.15, -0.1) is 0 Å². The van der Waals surface area contributed by atoms with Crippen LogP contribution in [0, 0.1) is 28.5 Å². The van der Waals surface area contributed by atoms with Gasteiger partial charge in [0.1, 0.15) is 5.82 Å². The highest BCUT2D eigenvalue weighted by molar-refractivity contribution is 6.33. The van der Waals surface area contributed by atoms with Crippen molar-refractivity contribution in [3.05, 3.63) is 46.9 Å². The number of piperidine rings is 1. The van der Waals surface area contributed by atoms with Crippen LogP contribution in [0.5, 0.6) is 0 Å². The lowest BCUT2D eigenvalue weighted by atomic mass is 9.81. The summed E-state index contributed by atoms with van der Waals surface area (Å²) in [6.07, 6.45) is 6.21. The first-order valence-corrected chi connectivity index (χ1v) is 12.0. The lowest BCUT2D eigenvalue weighted by Gasteiger charge is -2.38. The number of rotatable bonds is 6. The summed E-state index contributed by atoms with van der Waals surface area (Å²) in [4.78, 5) is 2.68. The van der Waals surface area contributed by atoms with Crippen molar-refractivity contribution in [2.24, 2.45) is 22.7 Å². The smallest absolute Gasteiger partial charge is 0.123 e. The van der Waals surface area contributed by atoms with E-state index in [0.29, 0.717) is 27.1 Å². The number of likely N-dealkylation sites (tertiary alicyclic amines) is 1. The molecule has 2 heterocycles. The zero-order valence-electron chi connectivity index (χ0n) is 19.3. The van der Waals surface area contributed by atoms with Crippen molar-refractivity contribution < 1.29 is 4.39 Å². The molecule has 2 aliphatic rings. The monoisotopic (exact) mass is 443 g/mol. The van der Waals surface area contributed by atoms with E-state index < -0.39 is 0 Å². The predicted molar refractivity (Wildman–Crippen MR) is 126 cm³/mol. The molecule has 2 fully saturated rings. The van der Waals surface area contributed by atoms with Crippen molar-refractivity contribution in [1.82, 2.24) is 15.1 Å². The normalized spacial score (nSPS) is 21.9. The number of nitrogens with zero attached hydrogens (tertiary/aromatic N) is 3. The van der Waals surface area contributed by atoms with Crippen molar-refractivity contribution in [2.45, 2.75) is 59.8 Å². The molecule has 5 heteroatoms. The van der Waals surface area contributed by atoms with Gasteiger partial charge < -0.3 is 4.90 Å². The molecule has 1 saturated carbocycles. The fourth-order valence-corrected chi connectivity index (χ4v) is 5.16. The Labute approximate surface area is 191 Å². The summed E-state index contributed by atoms with van der Waals surface area (Å²) in [5, 5.41) is 9.18. The molecule has 2 aromatic rings. The van der Waals surface area contributed by atoms with Crippen molar-refractivity contribution in [3.8, 4) is 11.3 Å². The Hall–Kier alpha value is -1.52. The standard InChI is InChI=1S/C26H35ClFN3/c1-18(25(2,3)4)17-31-13-11-26(12-14-31)16-19(26)5-7-21-8-10-24(30-29-21)22-15-20(28)6-9-23(22)27/h6,8-10,15,18-19H,5,7,11-14,16-17H2,1-4H3. The topological polar surface area (TPSA) is 29.0 Å². The van der Waals surface area contributed by atoms with Crippen LogP contribution in [-0.2, 0) is 6.42 Å². The van der Waals surface area contributed by atoms with E-state index >= 15 is 0 Å². The minimum absolute atomic E-state index is 0.316. The Kier molecular flexibility index (Phi) is 6.42. The molecule has 168 valence electrons. The minimum Gasteiger partial charge on any atom is -0.303 e. The fourth-order valence-electron chi connectivity index (χ4n) is 4.95. The van der Waals surface area contributed by atoms with Gasteiger partial charge in [-0.3, -0.25) is 0 Å². The number of benzene rings is 1. The van der Waals surface area contributed by atoms with Crippen LogP contribution in [0.3, 0.4) is 0 Å². The zero-order valence-corrected chi connectivity index (χ0v) is 20.1. The third kappa shape index (κ3) is 5.28. The lowest BCUT2D eigenvalue weighted by molar-refractivity contribution is 0.111. The van der Waals surface area contributed by atoms with Crippen molar-refractivity contribution in [1.29, 1.82) is 0 Å². The summed E-state index contributed by atoms with van der Waals surface area (Å²) in [5.74, 6) is 1.23. The highest BCUT2D eigenvalue weighted by Crippen LogP contribution is 2.61. The van der Waals surface area contributed by atoms with Crippen LogP contribution in [0.2, 0.25) is 5.02 Å². The second-order valence-corrected chi connectivity index (χ2v) is 11.3. The molecule has 1 aliphatic carbocycles. The van der Waals surface area contributed by atoms with Gasteiger partial charge >= 0.3 is 0 Å². The molecular weight excluding hydrogens is 409 g/mol. The van der Waals surface area contributed by atoms with E-state index in [0.717, 1.165) is 24.0 Å². The van der Waals surface area contributed by atoms with E-state index in [4.69, 9.17) is 11.6 Å². The van der Waals surface area contributed by atoms with Gasteiger partial charge in [0.05, 0.1) is 16.4 Å². The highest BCUT2D eigenvalue weighted by Gasteiger charge is 2.53. The van der Waals surface area contributed by atoms with Crippen LogP contribution in [0.4, 0.5) is 4.39 Å². The van der Waals surface area contributed by atoms with Gasteiger partial charge in [-0.2, -0.15) is 10.2 Å². The maximum Gasteiger partial charge on any atom is 0.123 e. The van der Waals surface area contributed by atoms with E-state index in [1.54, 1.807) is 6.07 Å². The van der Waals surface area contributed by atoms with Crippen LogP contribution in [0.25, 0.3) is 11.3 Å². The molecule has 4 rings (SSSR count). The number of hydrogen-bond donors (Lipinski definition) is 0. The number of halogens is 2. The molecule has 0 N–H and O–H groups in total. The first kappa shape index (κ1) is 22.7. The van der Waals surface area contributed by atoms with Gasteiger partial charge in [-0.05, 0) is 98.2 Å². The van der Waals surface area contributed by atoms with Gasteiger partial charge in [0.15, 0.2) is 0 Å².